The monoisotopic (exact) mass is 261 g/mol. The van der Waals surface area contributed by atoms with Crippen LogP contribution in [0.5, 0.6) is 0 Å². The van der Waals surface area contributed by atoms with Crippen LogP contribution in [0.3, 0.4) is 0 Å². The summed E-state index contributed by atoms with van der Waals surface area (Å²) in [5.74, 6) is 0.968. The van der Waals surface area contributed by atoms with Crippen LogP contribution < -0.4 is 5.32 Å². The molecule has 1 N–H and O–H groups in total. The molecule has 2 heterocycles. The van der Waals surface area contributed by atoms with Crippen molar-refractivity contribution in [1.29, 1.82) is 0 Å². The lowest BCUT2D eigenvalue weighted by atomic mass is 10.4. The van der Waals surface area contributed by atoms with Crippen LogP contribution in [0.4, 0.5) is 5.95 Å². The van der Waals surface area contributed by atoms with Crippen LogP contribution in [-0.4, -0.2) is 25.9 Å². The van der Waals surface area contributed by atoms with Gasteiger partial charge < -0.3 is 9.88 Å². The Labute approximate surface area is 114 Å². The van der Waals surface area contributed by atoms with E-state index in [2.05, 4.69) is 44.6 Å². The lowest BCUT2D eigenvalue weighted by molar-refractivity contribution is 0.571. The van der Waals surface area contributed by atoms with Crippen molar-refractivity contribution in [2.24, 2.45) is 0 Å². The Bertz CT molecular complexity index is 512. The average molecular weight is 261 g/mol. The van der Waals surface area contributed by atoms with Crippen LogP contribution in [-0.2, 0) is 13.1 Å². The van der Waals surface area contributed by atoms with E-state index in [0.29, 0.717) is 0 Å². The minimum atomic E-state index is 0.916. The van der Waals surface area contributed by atoms with Gasteiger partial charge in [0.25, 0.3) is 0 Å². The van der Waals surface area contributed by atoms with Crippen LogP contribution in [0.1, 0.15) is 31.2 Å². The predicted molar refractivity (Wildman–Crippen MR) is 77.3 cm³/mol. The summed E-state index contributed by atoms with van der Waals surface area (Å²) >= 11 is 0. The van der Waals surface area contributed by atoms with Crippen LogP contribution in [0, 0.1) is 13.8 Å². The van der Waals surface area contributed by atoms with Crippen LogP contribution in [0.25, 0.3) is 0 Å². The number of imidazole rings is 1. The molecule has 0 fully saturated rings. The number of nitrogens with one attached hydrogen (secondary N) is 1. The molecular formula is C14H23N5. The number of rotatable bonds is 7. The van der Waals surface area contributed by atoms with Crippen molar-refractivity contribution in [1.82, 2.24) is 19.3 Å². The Morgan fingerprint density at radius 2 is 2.11 bits per heavy atom. The highest BCUT2D eigenvalue weighted by molar-refractivity contribution is 5.25. The van der Waals surface area contributed by atoms with Gasteiger partial charge in [0.05, 0.1) is 5.69 Å². The third-order valence-corrected chi connectivity index (χ3v) is 3.11. The molecule has 0 aliphatic rings. The van der Waals surface area contributed by atoms with Crippen molar-refractivity contribution in [3.8, 4) is 0 Å². The highest BCUT2D eigenvalue weighted by Gasteiger charge is 2.02. The molecule has 0 aromatic carbocycles. The third-order valence-electron chi connectivity index (χ3n) is 3.11. The van der Waals surface area contributed by atoms with E-state index in [0.717, 1.165) is 44.1 Å². The SMILES string of the molecule is CCCn1ccnc1NCCCn1nc(C)cc1C. The van der Waals surface area contributed by atoms with Crippen molar-refractivity contribution in [2.45, 2.75) is 46.7 Å². The fourth-order valence-electron chi connectivity index (χ4n) is 2.23. The zero-order valence-corrected chi connectivity index (χ0v) is 12.1. The topological polar surface area (TPSA) is 47.7 Å². The van der Waals surface area contributed by atoms with Gasteiger partial charge in [-0.25, -0.2) is 4.98 Å². The van der Waals surface area contributed by atoms with Gasteiger partial charge in [-0.15, -0.1) is 0 Å². The molecule has 5 nitrogen and oxygen atoms in total. The van der Waals surface area contributed by atoms with Crippen LogP contribution >= 0.6 is 0 Å². The number of hydrogen-bond donors (Lipinski definition) is 1. The molecule has 0 spiro atoms. The molecule has 0 atom stereocenters. The van der Waals surface area contributed by atoms with E-state index in [-0.39, 0.29) is 0 Å². The summed E-state index contributed by atoms with van der Waals surface area (Å²) in [6.07, 6.45) is 6.03. The Hall–Kier alpha value is -1.78. The maximum Gasteiger partial charge on any atom is 0.202 e. The first kappa shape index (κ1) is 13.6. The van der Waals surface area contributed by atoms with Gasteiger partial charge in [0.15, 0.2) is 0 Å². The molecule has 2 aromatic heterocycles. The average Bonchev–Trinajstić information content (AvgIpc) is 2.93. The summed E-state index contributed by atoms with van der Waals surface area (Å²) in [5.41, 5.74) is 2.31. The Morgan fingerprint density at radius 1 is 1.26 bits per heavy atom. The fourth-order valence-corrected chi connectivity index (χ4v) is 2.23. The van der Waals surface area contributed by atoms with Gasteiger partial charge in [-0.2, -0.15) is 5.10 Å². The molecule has 0 amide bonds. The summed E-state index contributed by atoms with van der Waals surface area (Å²) < 4.78 is 4.22. The minimum Gasteiger partial charge on any atom is -0.356 e. The Morgan fingerprint density at radius 3 is 2.79 bits per heavy atom. The quantitative estimate of drug-likeness (QED) is 0.779. The molecule has 0 unspecified atom stereocenters. The summed E-state index contributed by atoms with van der Waals surface area (Å²) in [6.45, 7) is 9.18. The van der Waals surface area contributed by atoms with E-state index >= 15 is 0 Å². The van der Waals surface area contributed by atoms with E-state index < -0.39 is 0 Å². The first-order chi connectivity index (χ1) is 9.20. The van der Waals surface area contributed by atoms with E-state index in [4.69, 9.17) is 0 Å². The normalized spacial score (nSPS) is 10.9. The number of aryl methyl sites for hydroxylation is 4. The zero-order chi connectivity index (χ0) is 13.7. The lowest BCUT2D eigenvalue weighted by Crippen LogP contribution is -2.12. The third kappa shape index (κ3) is 3.59. The maximum absolute atomic E-state index is 4.46. The highest BCUT2D eigenvalue weighted by atomic mass is 15.3. The predicted octanol–water partition coefficient (Wildman–Crippen LogP) is 2.61. The van der Waals surface area contributed by atoms with Gasteiger partial charge in [-0.1, -0.05) is 6.92 Å². The molecule has 2 rings (SSSR count). The largest absolute Gasteiger partial charge is 0.356 e. The summed E-state index contributed by atoms with van der Waals surface area (Å²) in [4.78, 5) is 4.33. The zero-order valence-electron chi connectivity index (χ0n) is 12.1. The van der Waals surface area contributed by atoms with E-state index in [1.54, 1.807) is 0 Å². The van der Waals surface area contributed by atoms with Gasteiger partial charge in [0, 0.05) is 37.7 Å². The van der Waals surface area contributed by atoms with Crippen LogP contribution in [0.2, 0.25) is 0 Å². The number of nitrogens with zero attached hydrogens (tertiary/aromatic N) is 4. The first-order valence-corrected chi connectivity index (χ1v) is 6.96. The van der Waals surface area contributed by atoms with Gasteiger partial charge in [-0.05, 0) is 32.8 Å². The molecule has 0 aliphatic carbocycles. The molecule has 19 heavy (non-hydrogen) atoms. The lowest BCUT2D eigenvalue weighted by Gasteiger charge is -2.09. The smallest absolute Gasteiger partial charge is 0.202 e. The number of aromatic nitrogens is 4. The number of hydrogen-bond acceptors (Lipinski definition) is 3. The second kappa shape index (κ2) is 6.41. The van der Waals surface area contributed by atoms with E-state index in [9.17, 15) is 0 Å². The molecule has 0 aliphatic heterocycles. The van der Waals surface area contributed by atoms with Gasteiger partial charge >= 0.3 is 0 Å². The second-order valence-corrected chi connectivity index (χ2v) is 4.87. The van der Waals surface area contributed by atoms with Crippen molar-refractivity contribution < 1.29 is 0 Å². The van der Waals surface area contributed by atoms with Gasteiger partial charge in [-0.3, -0.25) is 4.68 Å². The molecule has 5 heteroatoms. The molecule has 0 saturated carbocycles. The van der Waals surface area contributed by atoms with Gasteiger partial charge in [0.2, 0.25) is 5.95 Å². The van der Waals surface area contributed by atoms with Crippen molar-refractivity contribution in [2.75, 3.05) is 11.9 Å². The summed E-state index contributed by atoms with van der Waals surface area (Å²) in [5, 5.41) is 7.85. The fraction of sp³-hybridized carbons (Fsp3) is 0.571. The summed E-state index contributed by atoms with van der Waals surface area (Å²) in [7, 11) is 0. The summed E-state index contributed by atoms with van der Waals surface area (Å²) in [6, 6.07) is 2.11. The molecule has 104 valence electrons. The molecule has 0 saturated heterocycles. The van der Waals surface area contributed by atoms with E-state index in [1.165, 1.54) is 5.69 Å². The van der Waals surface area contributed by atoms with Crippen molar-refractivity contribution in [3.05, 3.63) is 29.8 Å². The molecular weight excluding hydrogens is 238 g/mol. The number of anilines is 1. The van der Waals surface area contributed by atoms with Gasteiger partial charge in [0.1, 0.15) is 0 Å². The Balaban J connectivity index is 1.77. The molecule has 0 radical (unpaired) electrons. The maximum atomic E-state index is 4.46. The minimum absolute atomic E-state index is 0.916. The highest BCUT2D eigenvalue weighted by Crippen LogP contribution is 2.06. The molecule has 2 aromatic rings. The second-order valence-electron chi connectivity index (χ2n) is 4.87. The first-order valence-electron chi connectivity index (χ1n) is 6.96. The van der Waals surface area contributed by atoms with Crippen molar-refractivity contribution >= 4 is 5.95 Å². The van der Waals surface area contributed by atoms with Crippen molar-refractivity contribution in [3.63, 3.8) is 0 Å². The van der Waals surface area contributed by atoms with Crippen LogP contribution in [0.15, 0.2) is 18.5 Å². The Kier molecular flexibility index (Phi) is 4.60. The molecule has 0 bridgehead atoms. The van der Waals surface area contributed by atoms with E-state index in [1.807, 2.05) is 19.3 Å². The standard InChI is InChI=1S/C14H23N5/c1-4-8-18-10-7-16-14(18)15-6-5-9-19-13(3)11-12(2)17-19/h7,10-11H,4-6,8-9H2,1-3H3,(H,15,16).